The Kier molecular flexibility index (Phi) is 5.20. The number of nitrogens with zero attached hydrogens (tertiary/aromatic N) is 2. The van der Waals surface area contributed by atoms with E-state index in [2.05, 4.69) is 21.4 Å². The number of imidazole rings is 1. The largest absolute Gasteiger partial charge is 0.456 e. The van der Waals surface area contributed by atoms with Crippen molar-refractivity contribution in [1.82, 2.24) is 20.3 Å². The van der Waals surface area contributed by atoms with Gasteiger partial charge in [0.1, 0.15) is 6.10 Å². The predicted octanol–water partition coefficient (Wildman–Crippen LogP) is 4.17. The van der Waals surface area contributed by atoms with E-state index in [0.717, 1.165) is 40.7 Å². The van der Waals surface area contributed by atoms with E-state index in [-0.39, 0.29) is 24.2 Å². The van der Waals surface area contributed by atoms with Gasteiger partial charge in [0.15, 0.2) is 11.8 Å². The zero-order valence-corrected chi connectivity index (χ0v) is 20.0. The third-order valence-electron chi connectivity index (χ3n) is 7.11. The van der Waals surface area contributed by atoms with E-state index >= 15 is 0 Å². The second-order valence-electron chi connectivity index (χ2n) is 9.34. The van der Waals surface area contributed by atoms with Gasteiger partial charge < -0.3 is 24.5 Å². The molecule has 0 bridgehead atoms. The lowest BCUT2D eigenvalue weighted by Crippen LogP contribution is -2.32. The standard InChI is InChI=1S/C27H23ClN4O4/c28-19-12-20-25(32-27(30-20)36-22-13-35-21-8-10-34-24(21)22)31-23(19)15-3-1-14(2-4-15)16-5-6-18-17(11-16)7-9-29-26(18)33/h1-6,11-12,21-22,24H,7-10,13H2,(H,29,33)(H,30,31,32)/t21-,22?,24-/m0/s1. The summed E-state index contributed by atoms with van der Waals surface area (Å²) in [5.74, 6) is -0.00572. The number of H-pyrrole nitrogens is 1. The molecule has 2 aromatic carbocycles. The fraction of sp³-hybridized carbons (Fsp3) is 0.296. The molecule has 9 heteroatoms. The van der Waals surface area contributed by atoms with Crippen molar-refractivity contribution in [3.05, 3.63) is 64.7 Å². The Labute approximate surface area is 211 Å². The number of aromatic nitrogens is 3. The zero-order valence-electron chi connectivity index (χ0n) is 19.3. The average molecular weight is 503 g/mol. The van der Waals surface area contributed by atoms with Gasteiger partial charge in [0.25, 0.3) is 11.9 Å². The number of hydrogen-bond donors (Lipinski definition) is 2. The Hall–Kier alpha value is -3.46. The third kappa shape index (κ3) is 3.73. The molecule has 182 valence electrons. The molecule has 8 nitrogen and oxygen atoms in total. The number of hydrogen-bond acceptors (Lipinski definition) is 6. The molecular formula is C27H23ClN4O4. The maximum absolute atomic E-state index is 12.0. The Balaban J connectivity index is 1.14. The van der Waals surface area contributed by atoms with E-state index in [4.69, 9.17) is 30.8 Å². The summed E-state index contributed by atoms with van der Waals surface area (Å²) in [5, 5.41) is 3.41. The monoisotopic (exact) mass is 502 g/mol. The number of nitrogens with one attached hydrogen (secondary N) is 2. The minimum Gasteiger partial charge on any atom is -0.456 e. The van der Waals surface area contributed by atoms with Crippen LogP contribution in [0.15, 0.2) is 48.5 Å². The number of carbonyl (C=O) groups excluding carboxylic acids is 1. The van der Waals surface area contributed by atoms with Gasteiger partial charge in [-0.15, -0.1) is 0 Å². The number of carbonyl (C=O) groups is 1. The van der Waals surface area contributed by atoms with Crippen molar-refractivity contribution in [3.63, 3.8) is 0 Å². The fourth-order valence-electron chi connectivity index (χ4n) is 5.26. The number of halogens is 1. The first-order valence-corrected chi connectivity index (χ1v) is 12.5. The van der Waals surface area contributed by atoms with Crippen LogP contribution in [0.25, 0.3) is 33.5 Å². The molecule has 36 heavy (non-hydrogen) atoms. The van der Waals surface area contributed by atoms with Crippen LogP contribution in [0.4, 0.5) is 0 Å². The van der Waals surface area contributed by atoms with Crippen LogP contribution in [0.1, 0.15) is 22.3 Å². The second kappa shape index (κ2) is 8.58. The Morgan fingerprint density at radius 3 is 2.72 bits per heavy atom. The van der Waals surface area contributed by atoms with Crippen molar-refractivity contribution in [3.8, 4) is 28.4 Å². The number of fused-ring (bicyclic) bond motifs is 3. The smallest absolute Gasteiger partial charge is 0.296 e. The average Bonchev–Trinajstić information content (AvgIpc) is 3.61. The van der Waals surface area contributed by atoms with Crippen LogP contribution in [0.3, 0.4) is 0 Å². The van der Waals surface area contributed by atoms with Crippen molar-refractivity contribution >= 4 is 28.7 Å². The van der Waals surface area contributed by atoms with Gasteiger partial charge in [-0.2, -0.15) is 4.98 Å². The summed E-state index contributed by atoms with van der Waals surface area (Å²) < 4.78 is 17.6. The lowest BCUT2D eigenvalue weighted by molar-refractivity contribution is 0.0273. The van der Waals surface area contributed by atoms with Gasteiger partial charge in [0.05, 0.1) is 28.9 Å². The first-order chi connectivity index (χ1) is 17.6. The first kappa shape index (κ1) is 21.8. The van der Waals surface area contributed by atoms with Gasteiger partial charge in [0.2, 0.25) is 0 Å². The van der Waals surface area contributed by atoms with E-state index in [1.165, 1.54) is 0 Å². The highest BCUT2D eigenvalue weighted by Crippen LogP contribution is 2.33. The van der Waals surface area contributed by atoms with E-state index in [1.807, 2.05) is 42.5 Å². The molecule has 2 saturated heterocycles. The maximum atomic E-state index is 12.0. The molecule has 1 unspecified atom stereocenters. The second-order valence-corrected chi connectivity index (χ2v) is 9.75. The van der Waals surface area contributed by atoms with Crippen LogP contribution < -0.4 is 10.1 Å². The number of amides is 1. The molecule has 2 fully saturated rings. The van der Waals surface area contributed by atoms with Crippen molar-refractivity contribution in [2.24, 2.45) is 0 Å². The van der Waals surface area contributed by atoms with Crippen LogP contribution in [0.5, 0.6) is 6.01 Å². The van der Waals surface area contributed by atoms with Crippen LogP contribution in [-0.4, -0.2) is 58.9 Å². The van der Waals surface area contributed by atoms with Crippen LogP contribution in [0, 0.1) is 0 Å². The Bertz CT molecular complexity index is 1490. The van der Waals surface area contributed by atoms with E-state index in [0.29, 0.717) is 47.6 Å². The van der Waals surface area contributed by atoms with Gasteiger partial charge in [0, 0.05) is 24.3 Å². The molecule has 2 N–H and O–H groups in total. The lowest BCUT2D eigenvalue weighted by Gasteiger charge is -2.17. The minimum atomic E-state index is -0.196. The number of ether oxygens (including phenoxy) is 3. The maximum Gasteiger partial charge on any atom is 0.296 e. The summed E-state index contributed by atoms with van der Waals surface area (Å²) in [6, 6.07) is 16.3. The lowest BCUT2D eigenvalue weighted by atomic mass is 9.94. The molecule has 3 aliphatic heterocycles. The number of benzene rings is 2. The molecule has 2 aromatic heterocycles. The molecule has 0 spiro atoms. The summed E-state index contributed by atoms with van der Waals surface area (Å²) in [6.45, 7) is 1.85. The van der Waals surface area contributed by atoms with Gasteiger partial charge >= 0.3 is 0 Å². The molecular weight excluding hydrogens is 480 g/mol. The number of pyridine rings is 1. The van der Waals surface area contributed by atoms with Gasteiger partial charge in [-0.1, -0.05) is 48.0 Å². The molecule has 0 saturated carbocycles. The molecule has 5 heterocycles. The summed E-state index contributed by atoms with van der Waals surface area (Å²) in [7, 11) is 0. The van der Waals surface area contributed by atoms with Gasteiger partial charge in [-0.05, 0) is 41.7 Å². The highest BCUT2D eigenvalue weighted by Gasteiger charge is 2.43. The summed E-state index contributed by atoms with van der Waals surface area (Å²) in [5.41, 5.74) is 6.74. The quantitative estimate of drug-likeness (QED) is 0.434. The fourth-order valence-corrected chi connectivity index (χ4v) is 5.52. The minimum absolute atomic E-state index is 0.00572. The molecule has 1 amide bonds. The number of aromatic amines is 1. The van der Waals surface area contributed by atoms with E-state index in [9.17, 15) is 4.79 Å². The van der Waals surface area contributed by atoms with Crippen LogP contribution in [0.2, 0.25) is 5.02 Å². The molecule has 3 atom stereocenters. The Morgan fingerprint density at radius 1 is 1.00 bits per heavy atom. The van der Waals surface area contributed by atoms with Crippen molar-refractivity contribution in [1.29, 1.82) is 0 Å². The van der Waals surface area contributed by atoms with Crippen LogP contribution >= 0.6 is 11.6 Å². The highest BCUT2D eigenvalue weighted by molar-refractivity contribution is 6.33. The number of rotatable bonds is 4. The molecule has 7 rings (SSSR count). The van der Waals surface area contributed by atoms with E-state index in [1.54, 1.807) is 0 Å². The topological polar surface area (TPSA) is 98.4 Å². The summed E-state index contributed by atoms with van der Waals surface area (Å²) in [4.78, 5) is 24.4. The third-order valence-corrected chi connectivity index (χ3v) is 7.40. The van der Waals surface area contributed by atoms with Gasteiger partial charge in [-0.25, -0.2) is 4.98 Å². The predicted molar refractivity (Wildman–Crippen MR) is 134 cm³/mol. The zero-order chi connectivity index (χ0) is 24.2. The molecule has 4 aromatic rings. The molecule has 3 aliphatic rings. The van der Waals surface area contributed by atoms with E-state index < -0.39 is 0 Å². The molecule has 0 aliphatic carbocycles. The van der Waals surface area contributed by atoms with Gasteiger partial charge in [-0.3, -0.25) is 4.79 Å². The van der Waals surface area contributed by atoms with Crippen molar-refractivity contribution in [2.75, 3.05) is 19.8 Å². The van der Waals surface area contributed by atoms with Crippen molar-refractivity contribution in [2.45, 2.75) is 31.2 Å². The SMILES string of the molecule is O=C1NCCc2cc(-c3ccc(-c4nc5nc(OC6CO[C@H]7CCO[C@H]67)[nH]c5cc4Cl)cc3)ccc21. The summed E-state index contributed by atoms with van der Waals surface area (Å²) >= 11 is 6.61. The van der Waals surface area contributed by atoms with Crippen LogP contribution in [-0.2, 0) is 15.9 Å². The molecule has 0 radical (unpaired) electrons. The summed E-state index contributed by atoms with van der Waals surface area (Å²) in [6.07, 6.45) is 1.58. The Morgan fingerprint density at radius 2 is 1.83 bits per heavy atom. The van der Waals surface area contributed by atoms with Crippen molar-refractivity contribution < 1.29 is 19.0 Å². The normalized spacial score (nSPS) is 22.9. The highest BCUT2D eigenvalue weighted by atomic mass is 35.5. The first-order valence-electron chi connectivity index (χ1n) is 12.1.